The van der Waals surface area contributed by atoms with Gasteiger partial charge in [0.15, 0.2) is 0 Å². The van der Waals surface area contributed by atoms with Gasteiger partial charge in [-0.05, 0) is 7.05 Å². The minimum Gasteiger partial charge on any atom is -0.343 e. The van der Waals surface area contributed by atoms with Gasteiger partial charge in [0.05, 0.1) is 0 Å². The summed E-state index contributed by atoms with van der Waals surface area (Å²) in [6.45, 7) is 8.03. The molecule has 0 fully saturated rings. The first-order valence-corrected chi connectivity index (χ1v) is 7.18. The van der Waals surface area contributed by atoms with Crippen molar-refractivity contribution in [3.63, 3.8) is 0 Å². The van der Waals surface area contributed by atoms with Gasteiger partial charge in [0.25, 0.3) is 0 Å². The molecule has 122 valence electrons. The number of hydrogen-bond donors (Lipinski definition) is 1. The zero-order chi connectivity index (χ0) is 16.8. The number of carbonyl (C=O) groups excluding carboxylic acids is 3. The SMILES string of the molecule is CNCCN(C)C(=O)C(CC(=O)C(C)(C)C)N(C)C(C)=O. The first-order chi connectivity index (χ1) is 9.52. The summed E-state index contributed by atoms with van der Waals surface area (Å²) in [7, 11) is 5.05. The molecule has 0 spiro atoms. The molecule has 0 bridgehead atoms. The number of hydrogen-bond acceptors (Lipinski definition) is 4. The third-order valence-corrected chi connectivity index (χ3v) is 3.54. The van der Waals surface area contributed by atoms with Crippen LogP contribution in [0.2, 0.25) is 0 Å². The van der Waals surface area contributed by atoms with Crippen LogP contribution in [0.3, 0.4) is 0 Å². The number of rotatable bonds is 7. The van der Waals surface area contributed by atoms with Crippen LogP contribution in [0.4, 0.5) is 0 Å². The molecule has 0 saturated heterocycles. The molecule has 6 nitrogen and oxygen atoms in total. The van der Waals surface area contributed by atoms with Crippen LogP contribution in [0.5, 0.6) is 0 Å². The number of amides is 2. The maximum absolute atomic E-state index is 12.5. The molecule has 1 unspecified atom stereocenters. The highest BCUT2D eigenvalue weighted by atomic mass is 16.2. The lowest BCUT2D eigenvalue weighted by Crippen LogP contribution is -2.50. The summed E-state index contributed by atoms with van der Waals surface area (Å²) in [6, 6.07) is -0.740. The molecule has 1 atom stereocenters. The monoisotopic (exact) mass is 299 g/mol. The van der Waals surface area contributed by atoms with Crippen LogP contribution in [0.1, 0.15) is 34.1 Å². The van der Waals surface area contributed by atoms with Gasteiger partial charge in [-0.2, -0.15) is 0 Å². The fourth-order valence-electron chi connectivity index (χ4n) is 1.74. The quantitative estimate of drug-likeness (QED) is 0.744. The summed E-state index contributed by atoms with van der Waals surface area (Å²) in [5, 5.41) is 2.97. The van der Waals surface area contributed by atoms with E-state index in [2.05, 4.69) is 5.32 Å². The fourth-order valence-corrected chi connectivity index (χ4v) is 1.74. The minimum atomic E-state index is -0.740. The molecule has 0 aromatic carbocycles. The predicted octanol–water partition coefficient (Wildman–Crippen LogP) is 0.516. The van der Waals surface area contributed by atoms with E-state index in [1.807, 2.05) is 20.8 Å². The molecule has 21 heavy (non-hydrogen) atoms. The van der Waals surface area contributed by atoms with Gasteiger partial charge in [-0.1, -0.05) is 20.8 Å². The summed E-state index contributed by atoms with van der Waals surface area (Å²) >= 11 is 0. The molecule has 6 heteroatoms. The molecule has 0 aliphatic rings. The van der Waals surface area contributed by atoms with Crippen LogP contribution >= 0.6 is 0 Å². The van der Waals surface area contributed by atoms with Gasteiger partial charge in [-0.3, -0.25) is 14.4 Å². The molecular weight excluding hydrogens is 270 g/mol. The van der Waals surface area contributed by atoms with E-state index in [9.17, 15) is 14.4 Å². The number of likely N-dealkylation sites (N-methyl/N-ethyl adjacent to an activating group) is 3. The minimum absolute atomic E-state index is 0.0315. The van der Waals surface area contributed by atoms with Gasteiger partial charge in [0, 0.05) is 45.9 Å². The Kier molecular flexibility index (Phi) is 7.57. The van der Waals surface area contributed by atoms with Crippen LogP contribution in [-0.2, 0) is 14.4 Å². The van der Waals surface area contributed by atoms with E-state index in [0.717, 1.165) is 0 Å². The molecule has 0 radical (unpaired) electrons. The van der Waals surface area contributed by atoms with Crippen molar-refractivity contribution in [2.45, 2.75) is 40.2 Å². The topological polar surface area (TPSA) is 69.7 Å². The molecule has 2 amide bonds. The van der Waals surface area contributed by atoms with Gasteiger partial charge in [0.2, 0.25) is 11.8 Å². The second kappa shape index (κ2) is 8.12. The Morgan fingerprint density at radius 3 is 2.05 bits per heavy atom. The van der Waals surface area contributed by atoms with E-state index in [4.69, 9.17) is 0 Å². The van der Waals surface area contributed by atoms with Gasteiger partial charge >= 0.3 is 0 Å². The first-order valence-electron chi connectivity index (χ1n) is 7.18. The van der Waals surface area contributed by atoms with Crippen molar-refractivity contribution in [1.29, 1.82) is 0 Å². The van der Waals surface area contributed by atoms with E-state index >= 15 is 0 Å². The average molecular weight is 299 g/mol. The van der Waals surface area contributed by atoms with Crippen LogP contribution in [-0.4, -0.2) is 67.7 Å². The summed E-state index contributed by atoms with van der Waals surface area (Å²) in [5.41, 5.74) is -0.528. The van der Waals surface area contributed by atoms with Crippen molar-refractivity contribution in [1.82, 2.24) is 15.1 Å². The van der Waals surface area contributed by atoms with Crippen LogP contribution in [0.25, 0.3) is 0 Å². The number of carbonyl (C=O) groups is 3. The van der Waals surface area contributed by atoms with Crippen molar-refractivity contribution in [3.05, 3.63) is 0 Å². The normalized spacial score (nSPS) is 12.7. The first kappa shape index (κ1) is 19.6. The molecule has 0 rings (SSSR count). The molecule has 1 N–H and O–H groups in total. The average Bonchev–Trinajstić information content (AvgIpc) is 2.38. The van der Waals surface area contributed by atoms with Crippen molar-refractivity contribution < 1.29 is 14.4 Å². The summed E-state index contributed by atoms with van der Waals surface area (Å²) in [6.07, 6.45) is 0.0440. The lowest BCUT2D eigenvalue weighted by molar-refractivity contribution is -0.145. The standard InChI is InChI=1S/C15H29N3O3/c1-11(19)18(7)12(10-13(20)15(2,3)4)14(21)17(6)9-8-16-5/h12,16H,8-10H2,1-7H3. The predicted molar refractivity (Wildman–Crippen MR) is 82.9 cm³/mol. The Hall–Kier alpha value is -1.43. The van der Waals surface area contributed by atoms with E-state index < -0.39 is 11.5 Å². The lowest BCUT2D eigenvalue weighted by atomic mass is 9.86. The molecular formula is C15H29N3O3. The van der Waals surface area contributed by atoms with Crippen molar-refractivity contribution in [2.75, 3.05) is 34.2 Å². The Bertz CT molecular complexity index is 388. The van der Waals surface area contributed by atoms with Crippen LogP contribution in [0.15, 0.2) is 0 Å². The Morgan fingerprint density at radius 2 is 1.67 bits per heavy atom. The number of Topliss-reactive ketones (excluding diaryl/α,β-unsaturated/α-hetero) is 1. The molecule has 0 heterocycles. The van der Waals surface area contributed by atoms with Gasteiger partial charge < -0.3 is 15.1 Å². The highest BCUT2D eigenvalue weighted by Crippen LogP contribution is 2.20. The maximum Gasteiger partial charge on any atom is 0.245 e. The number of ketones is 1. The Morgan fingerprint density at radius 1 is 1.14 bits per heavy atom. The molecule has 0 aliphatic heterocycles. The Balaban J connectivity index is 5.11. The second-order valence-electron chi connectivity index (χ2n) is 6.39. The number of nitrogens with one attached hydrogen (secondary N) is 1. The van der Waals surface area contributed by atoms with Crippen molar-refractivity contribution in [2.24, 2.45) is 5.41 Å². The maximum atomic E-state index is 12.5. The van der Waals surface area contributed by atoms with Crippen molar-refractivity contribution in [3.8, 4) is 0 Å². The third-order valence-electron chi connectivity index (χ3n) is 3.54. The van der Waals surface area contributed by atoms with Crippen molar-refractivity contribution >= 4 is 17.6 Å². The largest absolute Gasteiger partial charge is 0.343 e. The zero-order valence-electron chi connectivity index (χ0n) is 14.3. The third kappa shape index (κ3) is 6.25. The second-order valence-corrected chi connectivity index (χ2v) is 6.39. The summed E-state index contributed by atoms with van der Waals surface area (Å²) in [5.74, 6) is -0.464. The van der Waals surface area contributed by atoms with Crippen LogP contribution in [0, 0.1) is 5.41 Å². The summed E-state index contributed by atoms with van der Waals surface area (Å²) in [4.78, 5) is 39.2. The van der Waals surface area contributed by atoms with E-state index in [0.29, 0.717) is 13.1 Å². The zero-order valence-corrected chi connectivity index (χ0v) is 14.3. The summed E-state index contributed by atoms with van der Waals surface area (Å²) < 4.78 is 0. The number of nitrogens with zero attached hydrogens (tertiary/aromatic N) is 2. The molecule has 0 aliphatic carbocycles. The lowest BCUT2D eigenvalue weighted by Gasteiger charge is -2.31. The van der Waals surface area contributed by atoms with E-state index in [-0.39, 0.29) is 24.0 Å². The van der Waals surface area contributed by atoms with E-state index in [1.165, 1.54) is 11.8 Å². The fraction of sp³-hybridized carbons (Fsp3) is 0.800. The highest BCUT2D eigenvalue weighted by molar-refractivity contribution is 5.93. The van der Waals surface area contributed by atoms with Crippen LogP contribution < -0.4 is 5.32 Å². The molecule has 0 saturated carbocycles. The molecule has 0 aromatic rings. The van der Waals surface area contributed by atoms with Gasteiger partial charge in [-0.15, -0.1) is 0 Å². The smallest absolute Gasteiger partial charge is 0.245 e. The highest BCUT2D eigenvalue weighted by Gasteiger charge is 2.33. The molecule has 0 aromatic heterocycles. The van der Waals surface area contributed by atoms with E-state index in [1.54, 1.807) is 26.0 Å². The van der Waals surface area contributed by atoms with Gasteiger partial charge in [0.1, 0.15) is 11.8 Å². The Labute approximate surface area is 127 Å². The van der Waals surface area contributed by atoms with Gasteiger partial charge in [-0.25, -0.2) is 0 Å².